The van der Waals surface area contributed by atoms with E-state index in [-0.39, 0.29) is 0 Å². The molecular formula is C8H9Br2N. The highest BCUT2D eigenvalue weighted by Gasteiger charge is 2.05. The molecule has 0 spiro atoms. The summed E-state index contributed by atoms with van der Waals surface area (Å²) in [5.41, 5.74) is 2.34. The third kappa shape index (κ3) is 1.82. The summed E-state index contributed by atoms with van der Waals surface area (Å²) < 4.78 is 2.20. The van der Waals surface area contributed by atoms with Gasteiger partial charge in [0.25, 0.3) is 0 Å². The molecule has 0 saturated heterocycles. The summed E-state index contributed by atoms with van der Waals surface area (Å²) in [6.45, 7) is 4.12. The summed E-state index contributed by atoms with van der Waals surface area (Å²) in [6, 6.07) is 0. The van der Waals surface area contributed by atoms with E-state index in [1.165, 1.54) is 5.56 Å². The van der Waals surface area contributed by atoms with Crippen molar-refractivity contribution in [3.8, 4) is 0 Å². The zero-order chi connectivity index (χ0) is 8.43. The zero-order valence-electron chi connectivity index (χ0n) is 6.49. The van der Waals surface area contributed by atoms with Crippen LogP contribution in [0.25, 0.3) is 0 Å². The lowest BCUT2D eigenvalue weighted by Gasteiger charge is -2.05. The third-order valence-electron chi connectivity index (χ3n) is 1.60. The number of pyridine rings is 1. The molecule has 1 aromatic heterocycles. The monoisotopic (exact) mass is 277 g/mol. The number of aryl methyl sites for hydroxylation is 1. The molecule has 0 radical (unpaired) electrons. The van der Waals surface area contributed by atoms with Crippen LogP contribution in [0, 0.1) is 6.92 Å². The Hall–Kier alpha value is 0.110. The van der Waals surface area contributed by atoms with Crippen molar-refractivity contribution < 1.29 is 0 Å². The maximum atomic E-state index is 4.19. The van der Waals surface area contributed by atoms with Crippen molar-refractivity contribution in [1.82, 2.24) is 4.98 Å². The van der Waals surface area contributed by atoms with E-state index in [1.807, 2.05) is 13.1 Å². The number of hydrogen-bond acceptors (Lipinski definition) is 1. The molecule has 0 atom stereocenters. The van der Waals surface area contributed by atoms with Gasteiger partial charge in [-0.15, -0.1) is 0 Å². The van der Waals surface area contributed by atoms with Gasteiger partial charge in [-0.3, -0.25) is 4.98 Å². The molecule has 0 unspecified atom stereocenters. The second-order valence-electron chi connectivity index (χ2n) is 2.34. The van der Waals surface area contributed by atoms with Crippen LogP contribution in [0.5, 0.6) is 0 Å². The van der Waals surface area contributed by atoms with Gasteiger partial charge < -0.3 is 0 Å². The normalized spacial score (nSPS) is 10.2. The van der Waals surface area contributed by atoms with Gasteiger partial charge >= 0.3 is 0 Å². The lowest BCUT2D eigenvalue weighted by Crippen LogP contribution is -1.91. The van der Waals surface area contributed by atoms with E-state index in [2.05, 4.69) is 43.8 Å². The molecule has 0 bridgehead atoms. The molecule has 11 heavy (non-hydrogen) atoms. The lowest BCUT2D eigenvalue weighted by atomic mass is 10.2. The van der Waals surface area contributed by atoms with E-state index in [0.717, 1.165) is 21.1 Å². The van der Waals surface area contributed by atoms with Crippen LogP contribution in [-0.4, -0.2) is 4.98 Å². The zero-order valence-corrected chi connectivity index (χ0v) is 9.66. The van der Waals surface area contributed by atoms with Crippen molar-refractivity contribution in [2.24, 2.45) is 0 Å². The van der Waals surface area contributed by atoms with E-state index < -0.39 is 0 Å². The van der Waals surface area contributed by atoms with Crippen molar-refractivity contribution in [3.05, 3.63) is 26.4 Å². The highest BCUT2D eigenvalue weighted by molar-refractivity contribution is 9.11. The van der Waals surface area contributed by atoms with Crippen LogP contribution in [0.15, 0.2) is 15.1 Å². The van der Waals surface area contributed by atoms with Crippen molar-refractivity contribution >= 4 is 31.9 Å². The molecule has 60 valence electrons. The number of hydrogen-bond donors (Lipinski definition) is 0. The van der Waals surface area contributed by atoms with Gasteiger partial charge in [0.15, 0.2) is 0 Å². The van der Waals surface area contributed by atoms with Gasteiger partial charge in [-0.2, -0.15) is 0 Å². The van der Waals surface area contributed by atoms with E-state index in [4.69, 9.17) is 0 Å². The Kier molecular flexibility index (Phi) is 3.07. The molecule has 1 aromatic rings. The molecule has 0 fully saturated rings. The predicted molar refractivity (Wildman–Crippen MR) is 53.8 cm³/mol. The Morgan fingerprint density at radius 2 is 2.09 bits per heavy atom. The van der Waals surface area contributed by atoms with Crippen LogP contribution < -0.4 is 0 Å². The number of nitrogens with zero attached hydrogens (tertiary/aromatic N) is 1. The largest absolute Gasteiger partial charge is 0.259 e. The minimum absolute atomic E-state index is 1.02. The van der Waals surface area contributed by atoms with Gasteiger partial charge in [-0.25, -0.2) is 0 Å². The van der Waals surface area contributed by atoms with Gasteiger partial charge in [-0.1, -0.05) is 6.92 Å². The minimum Gasteiger partial charge on any atom is -0.259 e. The van der Waals surface area contributed by atoms with Crippen LogP contribution in [0.3, 0.4) is 0 Å². The van der Waals surface area contributed by atoms with Crippen LogP contribution >= 0.6 is 31.9 Å². The molecule has 0 aliphatic rings. The summed E-state index contributed by atoms with van der Waals surface area (Å²) in [7, 11) is 0. The SMILES string of the molecule is CCc1c(Br)cnc(C)c1Br. The standard InChI is InChI=1S/C8H9Br2N/c1-3-6-7(9)4-11-5(2)8(6)10/h4H,3H2,1-2H3. The molecule has 3 heteroatoms. The minimum atomic E-state index is 1.02. The average molecular weight is 279 g/mol. The molecule has 0 amide bonds. The summed E-state index contributed by atoms with van der Waals surface area (Å²) in [5.74, 6) is 0. The topological polar surface area (TPSA) is 12.9 Å². The van der Waals surface area contributed by atoms with E-state index >= 15 is 0 Å². The molecule has 1 heterocycles. The molecule has 0 aliphatic heterocycles. The molecule has 0 saturated carbocycles. The molecule has 0 aliphatic carbocycles. The van der Waals surface area contributed by atoms with Crippen molar-refractivity contribution in [2.75, 3.05) is 0 Å². The summed E-state index contributed by atoms with van der Waals surface area (Å²) in [5, 5.41) is 0. The highest BCUT2D eigenvalue weighted by Crippen LogP contribution is 2.26. The fourth-order valence-corrected chi connectivity index (χ4v) is 2.38. The van der Waals surface area contributed by atoms with Crippen molar-refractivity contribution in [1.29, 1.82) is 0 Å². The first kappa shape index (κ1) is 9.20. The van der Waals surface area contributed by atoms with E-state index in [0.29, 0.717) is 0 Å². The summed E-state index contributed by atoms with van der Waals surface area (Å²) in [6.07, 6.45) is 2.86. The molecule has 0 N–H and O–H groups in total. The number of rotatable bonds is 1. The first-order valence-electron chi connectivity index (χ1n) is 3.46. The third-order valence-corrected chi connectivity index (χ3v) is 3.33. The van der Waals surface area contributed by atoms with Gasteiger partial charge in [0, 0.05) is 15.1 Å². The smallest absolute Gasteiger partial charge is 0.0518 e. The van der Waals surface area contributed by atoms with Gasteiger partial charge in [0.05, 0.1) is 5.69 Å². The average Bonchev–Trinajstić information content (AvgIpc) is 1.99. The van der Waals surface area contributed by atoms with E-state index in [1.54, 1.807) is 0 Å². The van der Waals surface area contributed by atoms with Crippen LogP contribution in [0.1, 0.15) is 18.2 Å². The van der Waals surface area contributed by atoms with E-state index in [9.17, 15) is 0 Å². The second-order valence-corrected chi connectivity index (χ2v) is 3.98. The van der Waals surface area contributed by atoms with Crippen LogP contribution in [0.4, 0.5) is 0 Å². The van der Waals surface area contributed by atoms with Crippen molar-refractivity contribution in [2.45, 2.75) is 20.3 Å². The Morgan fingerprint density at radius 3 is 2.55 bits per heavy atom. The molecule has 1 nitrogen and oxygen atoms in total. The number of aromatic nitrogens is 1. The number of halogens is 2. The fraction of sp³-hybridized carbons (Fsp3) is 0.375. The predicted octanol–water partition coefficient (Wildman–Crippen LogP) is 3.48. The van der Waals surface area contributed by atoms with Gasteiger partial charge in [0.2, 0.25) is 0 Å². The Morgan fingerprint density at radius 1 is 1.45 bits per heavy atom. The van der Waals surface area contributed by atoms with Crippen molar-refractivity contribution in [3.63, 3.8) is 0 Å². The molecular weight excluding hydrogens is 270 g/mol. The Bertz CT molecular complexity index is 271. The van der Waals surface area contributed by atoms with Gasteiger partial charge in [0.1, 0.15) is 0 Å². The maximum absolute atomic E-state index is 4.19. The first-order valence-corrected chi connectivity index (χ1v) is 5.05. The van der Waals surface area contributed by atoms with Crippen LogP contribution in [0.2, 0.25) is 0 Å². The highest BCUT2D eigenvalue weighted by atomic mass is 79.9. The Balaban J connectivity index is 3.29. The summed E-state index contributed by atoms with van der Waals surface area (Å²) >= 11 is 6.95. The maximum Gasteiger partial charge on any atom is 0.0518 e. The quantitative estimate of drug-likeness (QED) is 0.767. The van der Waals surface area contributed by atoms with Crippen LogP contribution in [-0.2, 0) is 6.42 Å². The molecule has 0 aromatic carbocycles. The first-order chi connectivity index (χ1) is 5.16. The van der Waals surface area contributed by atoms with Gasteiger partial charge in [-0.05, 0) is 50.8 Å². The summed E-state index contributed by atoms with van der Waals surface area (Å²) in [4.78, 5) is 4.19. The fourth-order valence-electron chi connectivity index (χ4n) is 0.935. The lowest BCUT2D eigenvalue weighted by molar-refractivity contribution is 1.05. The second kappa shape index (κ2) is 3.68. The Labute approximate surface area is 83.5 Å². The molecule has 1 rings (SSSR count).